The van der Waals surface area contributed by atoms with E-state index in [1.165, 1.54) is 7.05 Å². The molecule has 2 aromatic carbocycles. The number of nitrogens with one attached hydrogen (secondary N) is 3. The molecule has 0 radical (unpaired) electrons. The van der Waals surface area contributed by atoms with E-state index in [9.17, 15) is 57.9 Å². The van der Waals surface area contributed by atoms with Gasteiger partial charge < -0.3 is 26.4 Å². The number of halogens is 11. The Morgan fingerprint density at radius 1 is 0.918 bits per heavy atom. The quantitative estimate of drug-likeness (QED) is 0.145. The molecule has 5 N–H and O–H groups in total. The number of rotatable bonds is 10. The first kappa shape index (κ1) is 36.6. The first-order valence-corrected chi connectivity index (χ1v) is 13.5. The number of carbonyl (C=O) groups is 2. The summed E-state index contributed by atoms with van der Waals surface area (Å²) >= 11 is 0. The zero-order chi connectivity index (χ0) is 36.5. The Morgan fingerprint density at radius 3 is 2.14 bits per heavy atom. The molecule has 4 rings (SSSR count). The molecule has 0 saturated heterocycles. The molecular formula is C28H22F11N7O3. The number of hydrogen-bond acceptors (Lipinski definition) is 7. The molecule has 2 heterocycles. The largest absolute Gasteiger partial charge is 0.471 e. The number of imidazole rings is 1. The molecule has 21 heteroatoms. The highest BCUT2D eigenvalue weighted by Gasteiger charge is 2.42. The van der Waals surface area contributed by atoms with Crippen LogP contribution in [0.4, 0.5) is 65.6 Å². The summed E-state index contributed by atoms with van der Waals surface area (Å²) in [5, 5.41) is 6.55. The summed E-state index contributed by atoms with van der Waals surface area (Å²) in [6.07, 6.45) is -17.7. The van der Waals surface area contributed by atoms with Crippen LogP contribution >= 0.6 is 0 Å². The van der Waals surface area contributed by atoms with E-state index in [1.807, 2.05) is 5.32 Å². The SMILES string of the molecule is Cn1c(Nc2cc(CNC(=O)C(N)C(F)(F)F)ccc2C(F)(F)F)nc2cc(C(=O)Nc3ccc(C(F)(F)F)cc3)c(OCC(F)F)nc21. The third-order valence-electron chi connectivity index (χ3n) is 6.61. The minimum absolute atomic E-state index is 0.0833. The molecule has 0 spiro atoms. The molecule has 4 aromatic rings. The van der Waals surface area contributed by atoms with Gasteiger partial charge in [0.25, 0.3) is 12.3 Å². The second kappa shape index (κ2) is 13.7. The van der Waals surface area contributed by atoms with Gasteiger partial charge in [0.05, 0.1) is 16.8 Å². The lowest BCUT2D eigenvalue weighted by Crippen LogP contribution is -2.49. The van der Waals surface area contributed by atoms with Crippen molar-refractivity contribution in [2.45, 2.75) is 37.5 Å². The van der Waals surface area contributed by atoms with Gasteiger partial charge in [-0.15, -0.1) is 0 Å². The first-order valence-electron chi connectivity index (χ1n) is 13.5. The number of carbonyl (C=O) groups excluding carboxylic acids is 2. The fraction of sp³-hybridized carbons (Fsp3) is 0.286. The fourth-order valence-electron chi connectivity index (χ4n) is 4.18. The van der Waals surface area contributed by atoms with Crippen LogP contribution in [0, 0.1) is 0 Å². The summed E-state index contributed by atoms with van der Waals surface area (Å²) in [6, 6.07) is 3.68. The monoisotopic (exact) mass is 713 g/mol. The maximum atomic E-state index is 13.9. The van der Waals surface area contributed by atoms with E-state index >= 15 is 0 Å². The molecule has 0 aliphatic heterocycles. The van der Waals surface area contributed by atoms with Crippen LogP contribution in [0.1, 0.15) is 27.0 Å². The number of fused-ring (bicyclic) bond motifs is 1. The first-order chi connectivity index (χ1) is 22.6. The normalized spacial score (nSPS) is 13.0. The number of nitrogens with zero attached hydrogens (tertiary/aromatic N) is 3. The molecule has 1 unspecified atom stereocenters. The Labute approximate surface area is 267 Å². The van der Waals surface area contributed by atoms with Gasteiger partial charge in [-0.25, -0.2) is 13.8 Å². The summed E-state index contributed by atoms with van der Waals surface area (Å²) in [4.78, 5) is 33.0. The Bertz CT molecular complexity index is 1840. The van der Waals surface area contributed by atoms with Crippen LogP contribution < -0.4 is 26.4 Å². The molecule has 0 aliphatic rings. The molecule has 0 fully saturated rings. The van der Waals surface area contributed by atoms with Gasteiger partial charge in [0, 0.05) is 19.3 Å². The fourth-order valence-corrected chi connectivity index (χ4v) is 4.18. The summed E-state index contributed by atoms with van der Waals surface area (Å²) in [5.41, 5.74) is 0.805. The molecule has 2 aromatic heterocycles. The van der Waals surface area contributed by atoms with Crippen molar-refractivity contribution in [1.29, 1.82) is 0 Å². The Morgan fingerprint density at radius 2 is 1.57 bits per heavy atom. The number of benzene rings is 2. The van der Waals surface area contributed by atoms with Crippen molar-refractivity contribution in [3.8, 4) is 5.88 Å². The zero-order valence-electron chi connectivity index (χ0n) is 24.5. The van der Waals surface area contributed by atoms with Gasteiger partial charge in [0.15, 0.2) is 18.3 Å². The molecule has 10 nitrogen and oxygen atoms in total. The number of aromatic nitrogens is 3. The number of ether oxygens (including phenoxy) is 1. The lowest BCUT2D eigenvalue weighted by Gasteiger charge is -2.17. The second-order valence-corrected chi connectivity index (χ2v) is 10.1. The van der Waals surface area contributed by atoms with Crippen LogP contribution in [0.2, 0.25) is 0 Å². The Hall–Kier alpha value is -5.21. The zero-order valence-corrected chi connectivity index (χ0v) is 24.5. The van der Waals surface area contributed by atoms with E-state index in [1.54, 1.807) is 0 Å². The minimum atomic E-state index is -5.07. The highest BCUT2D eigenvalue weighted by atomic mass is 19.4. The van der Waals surface area contributed by atoms with Crippen molar-refractivity contribution in [2.24, 2.45) is 12.8 Å². The van der Waals surface area contributed by atoms with Crippen molar-refractivity contribution in [3.05, 3.63) is 70.8 Å². The van der Waals surface area contributed by atoms with Gasteiger partial charge in [0.1, 0.15) is 11.1 Å². The smallest absolute Gasteiger partial charge is 0.418 e. The van der Waals surface area contributed by atoms with E-state index in [0.29, 0.717) is 18.2 Å². The lowest BCUT2D eigenvalue weighted by molar-refractivity contribution is -0.163. The molecule has 0 aliphatic carbocycles. The third kappa shape index (κ3) is 8.83. The number of anilines is 3. The Balaban J connectivity index is 1.68. The molecule has 49 heavy (non-hydrogen) atoms. The van der Waals surface area contributed by atoms with Crippen LogP contribution in [0.3, 0.4) is 0 Å². The van der Waals surface area contributed by atoms with E-state index in [0.717, 1.165) is 34.9 Å². The summed E-state index contributed by atoms with van der Waals surface area (Å²) in [6.45, 7) is -1.89. The number of pyridine rings is 1. The molecule has 0 bridgehead atoms. The van der Waals surface area contributed by atoms with Crippen molar-refractivity contribution >= 4 is 40.3 Å². The number of aryl methyl sites for hydroxylation is 1. The summed E-state index contributed by atoms with van der Waals surface area (Å²) < 4.78 is 151. The average molecular weight is 714 g/mol. The average Bonchev–Trinajstić information content (AvgIpc) is 3.30. The highest BCUT2D eigenvalue weighted by molar-refractivity contribution is 6.07. The van der Waals surface area contributed by atoms with Gasteiger partial charge in [0.2, 0.25) is 17.7 Å². The van der Waals surface area contributed by atoms with E-state index < -0.39 is 84.2 Å². The lowest BCUT2D eigenvalue weighted by atomic mass is 10.1. The van der Waals surface area contributed by atoms with Gasteiger partial charge in [-0.1, -0.05) is 6.07 Å². The number of nitrogens with two attached hydrogens (primary N) is 1. The number of hydrogen-bond donors (Lipinski definition) is 4. The maximum absolute atomic E-state index is 13.9. The Kier molecular flexibility index (Phi) is 10.3. The predicted octanol–water partition coefficient (Wildman–Crippen LogP) is 6.15. The van der Waals surface area contributed by atoms with Gasteiger partial charge in [-0.05, 0) is 48.0 Å². The van der Waals surface area contributed by atoms with Gasteiger partial charge in [-0.2, -0.15) is 44.5 Å². The van der Waals surface area contributed by atoms with Gasteiger partial charge >= 0.3 is 18.5 Å². The topological polar surface area (TPSA) is 136 Å². The molecule has 2 amide bonds. The van der Waals surface area contributed by atoms with Crippen molar-refractivity contribution in [2.75, 3.05) is 17.2 Å². The van der Waals surface area contributed by atoms with Crippen LogP contribution in [-0.2, 0) is 30.7 Å². The second-order valence-electron chi connectivity index (χ2n) is 10.1. The highest BCUT2D eigenvalue weighted by Crippen LogP contribution is 2.37. The van der Waals surface area contributed by atoms with Crippen molar-refractivity contribution < 1.29 is 62.6 Å². The minimum Gasteiger partial charge on any atom is -0.471 e. The van der Waals surface area contributed by atoms with Crippen LogP contribution in [0.25, 0.3) is 11.2 Å². The van der Waals surface area contributed by atoms with E-state index in [2.05, 4.69) is 20.6 Å². The third-order valence-corrected chi connectivity index (χ3v) is 6.61. The summed E-state index contributed by atoms with van der Waals surface area (Å²) in [7, 11) is 1.25. The van der Waals surface area contributed by atoms with E-state index in [-0.39, 0.29) is 28.4 Å². The van der Waals surface area contributed by atoms with Crippen LogP contribution in [0.15, 0.2) is 48.5 Å². The standard InChI is InChI=1S/C28H22F11N7O3/c1-46-21-18(9-15(24(45-21)49-11-19(29)30)22(47)42-14-5-3-13(4-6-14)26(31,32)33)44-25(46)43-17-8-12(2-7-16(17)27(34,35)36)10-41-23(48)20(40)28(37,38)39/h2-9,19-20H,10-11,40H2,1H3,(H,41,48)(H,42,47)(H,43,44). The van der Waals surface area contributed by atoms with E-state index in [4.69, 9.17) is 10.5 Å². The van der Waals surface area contributed by atoms with Crippen molar-refractivity contribution in [1.82, 2.24) is 19.9 Å². The predicted molar refractivity (Wildman–Crippen MR) is 150 cm³/mol. The van der Waals surface area contributed by atoms with Gasteiger partial charge in [-0.3, -0.25) is 14.2 Å². The van der Waals surface area contributed by atoms with Crippen LogP contribution in [0.5, 0.6) is 5.88 Å². The summed E-state index contributed by atoms with van der Waals surface area (Å²) in [5.74, 6) is -3.73. The molecule has 1 atom stereocenters. The maximum Gasteiger partial charge on any atom is 0.418 e. The molecule has 0 saturated carbocycles. The number of alkyl halides is 11. The molecular weight excluding hydrogens is 691 g/mol. The molecule has 264 valence electrons. The van der Waals surface area contributed by atoms with Crippen LogP contribution in [-0.4, -0.2) is 51.6 Å². The number of amides is 2. The van der Waals surface area contributed by atoms with Crippen molar-refractivity contribution in [3.63, 3.8) is 0 Å².